The fourth-order valence-electron chi connectivity index (χ4n) is 1.99. The Bertz CT molecular complexity index is 637. The fourth-order valence-corrected chi connectivity index (χ4v) is 1.99. The van der Waals surface area contributed by atoms with Crippen LogP contribution in [0, 0.1) is 0 Å². The highest BCUT2D eigenvalue weighted by Crippen LogP contribution is 2.09. The van der Waals surface area contributed by atoms with Crippen molar-refractivity contribution in [3.63, 3.8) is 0 Å². The third-order valence-corrected chi connectivity index (χ3v) is 2.97. The van der Waals surface area contributed by atoms with Crippen LogP contribution in [0.4, 0.5) is 4.79 Å². The van der Waals surface area contributed by atoms with Gasteiger partial charge in [-0.05, 0) is 17.7 Å². The van der Waals surface area contributed by atoms with Crippen molar-refractivity contribution >= 4 is 17.5 Å². The molecule has 7 nitrogen and oxygen atoms in total. The molecule has 0 spiro atoms. The van der Waals surface area contributed by atoms with Crippen molar-refractivity contribution in [3.8, 4) is 0 Å². The zero-order chi connectivity index (χ0) is 13.2. The first-order valence-corrected chi connectivity index (χ1v) is 5.86. The Hall–Kier alpha value is -2.57. The molecule has 7 heteroatoms. The van der Waals surface area contributed by atoms with Crippen LogP contribution in [0.2, 0.25) is 0 Å². The van der Waals surface area contributed by atoms with Crippen LogP contribution in [-0.2, 0) is 16.1 Å². The number of hydrogen-bond donors (Lipinski definition) is 2. The summed E-state index contributed by atoms with van der Waals surface area (Å²) in [6.45, 7) is 0.447. The van der Waals surface area contributed by atoms with Gasteiger partial charge in [0, 0.05) is 18.9 Å². The number of cyclic esters (lactones) is 1. The Morgan fingerprint density at radius 2 is 2.47 bits per heavy atom. The van der Waals surface area contributed by atoms with E-state index in [1.54, 1.807) is 10.7 Å². The maximum atomic E-state index is 11.8. The Morgan fingerprint density at radius 1 is 1.58 bits per heavy atom. The molecule has 3 rings (SSSR count). The van der Waals surface area contributed by atoms with Crippen LogP contribution in [0.3, 0.4) is 0 Å². The highest BCUT2D eigenvalue weighted by molar-refractivity contribution is 5.87. The van der Waals surface area contributed by atoms with E-state index in [1.807, 2.05) is 24.4 Å². The second-order valence-corrected chi connectivity index (χ2v) is 4.21. The minimum Gasteiger partial charge on any atom is -0.447 e. The van der Waals surface area contributed by atoms with Crippen molar-refractivity contribution in [2.24, 2.45) is 0 Å². The molecule has 0 unspecified atom stereocenters. The molecule has 2 N–H and O–H groups in total. The molecule has 2 aromatic rings. The number of carbonyl (C=O) groups excluding carboxylic acids is 2. The van der Waals surface area contributed by atoms with Crippen LogP contribution in [0.5, 0.6) is 0 Å². The Balaban J connectivity index is 1.67. The quantitative estimate of drug-likeness (QED) is 0.817. The van der Waals surface area contributed by atoms with Crippen molar-refractivity contribution < 1.29 is 14.3 Å². The number of pyridine rings is 1. The van der Waals surface area contributed by atoms with Crippen LogP contribution >= 0.6 is 0 Å². The minimum absolute atomic E-state index is 0.0710. The lowest BCUT2D eigenvalue weighted by molar-refractivity contribution is -0.122. The average Bonchev–Trinajstić information content (AvgIpc) is 3.04. The van der Waals surface area contributed by atoms with E-state index in [-0.39, 0.29) is 12.5 Å². The average molecular weight is 260 g/mol. The molecule has 0 aliphatic carbocycles. The summed E-state index contributed by atoms with van der Waals surface area (Å²) in [7, 11) is 0. The van der Waals surface area contributed by atoms with Gasteiger partial charge in [0.2, 0.25) is 5.91 Å². The number of ether oxygens (including phenoxy) is 1. The monoisotopic (exact) mass is 260 g/mol. The van der Waals surface area contributed by atoms with Crippen molar-refractivity contribution in [2.75, 3.05) is 6.61 Å². The number of alkyl carbamates (subject to hydrolysis) is 1. The number of nitrogens with one attached hydrogen (secondary N) is 2. The molecule has 2 aromatic heterocycles. The molecule has 98 valence electrons. The third-order valence-electron chi connectivity index (χ3n) is 2.97. The molecule has 1 aliphatic heterocycles. The number of carbonyl (C=O) groups is 2. The normalized spacial score (nSPS) is 18.1. The predicted molar refractivity (Wildman–Crippen MR) is 65.3 cm³/mol. The first kappa shape index (κ1) is 11.5. The van der Waals surface area contributed by atoms with Crippen LogP contribution in [-0.4, -0.2) is 34.3 Å². The SMILES string of the molecule is O=C1N[C@H](C(=O)NCc2cccn3nccc23)CO1. The van der Waals surface area contributed by atoms with Crippen molar-refractivity contribution in [1.82, 2.24) is 20.2 Å². The van der Waals surface area contributed by atoms with Gasteiger partial charge in [0.25, 0.3) is 0 Å². The van der Waals surface area contributed by atoms with Crippen LogP contribution in [0.25, 0.3) is 5.52 Å². The Labute approximate surface area is 108 Å². The van der Waals surface area contributed by atoms with Gasteiger partial charge in [-0.15, -0.1) is 0 Å². The van der Waals surface area contributed by atoms with E-state index in [0.29, 0.717) is 6.54 Å². The standard InChI is InChI=1S/C12H12N4O3/c17-11(9-7-19-12(18)15-9)13-6-8-2-1-5-16-10(8)3-4-14-16/h1-5,9H,6-7H2,(H,13,17)(H,15,18)/t9-/m0/s1. The second kappa shape index (κ2) is 4.60. The summed E-state index contributed by atoms with van der Waals surface area (Å²) in [5.41, 5.74) is 1.90. The minimum atomic E-state index is -0.614. The molecular formula is C12H12N4O3. The van der Waals surface area contributed by atoms with E-state index in [4.69, 9.17) is 0 Å². The molecule has 1 saturated heterocycles. The number of fused-ring (bicyclic) bond motifs is 1. The Kier molecular flexibility index (Phi) is 2.79. The molecule has 3 heterocycles. The molecule has 0 radical (unpaired) electrons. The molecule has 2 amide bonds. The van der Waals surface area contributed by atoms with Crippen molar-refractivity contribution in [2.45, 2.75) is 12.6 Å². The predicted octanol–water partition coefficient (Wildman–Crippen LogP) is 0.0589. The molecule has 1 aliphatic rings. The number of nitrogens with zero attached hydrogens (tertiary/aromatic N) is 2. The van der Waals surface area contributed by atoms with Gasteiger partial charge < -0.3 is 15.4 Å². The summed E-state index contributed by atoms with van der Waals surface area (Å²) < 4.78 is 6.41. The summed E-state index contributed by atoms with van der Waals surface area (Å²) in [4.78, 5) is 22.7. The summed E-state index contributed by atoms with van der Waals surface area (Å²) in [6.07, 6.45) is 2.98. The van der Waals surface area contributed by atoms with E-state index in [9.17, 15) is 9.59 Å². The summed E-state index contributed by atoms with van der Waals surface area (Å²) in [5, 5.41) is 9.32. The lowest BCUT2D eigenvalue weighted by Gasteiger charge is -2.09. The van der Waals surface area contributed by atoms with Crippen LogP contribution in [0.1, 0.15) is 5.56 Å². The number of aromatic nitrogens is 2. The van der Waals surface area contributed by atoms with E-state index in [2.05, 4.69) is 20.5 Å². The van der Waals surface area contributed by atoms with Gasteiger partial charge >= 0.3 is 6.09 Å². The van der Waals surface area contributed by atoms with Gasteiger partial charge in [-0.25, -0.2) is 9.31 Å². The molecule has 1 fully saturated rings. The van der Waals surface area contributed by atoms with E-state index in [1.165, 1.54) is 0 Å². The number of amides is 2. The first-order valence-electron chi connectivity index (χ1n) is 5.86. The lowest BCUT2D eigenvalue weighted by atomic mass is 10.2. The first-order chi connectivity index (χ1) is 9.24. The van der Waals surface area contributed by atoms with Gasteiger partial charge in [-0.2, -0.15) is 5.10 Å². The summed E-state index contributed by atoms with van der Waals surface area (Å²) in [6, 6.07) is 5.04. The molecular weight excluding hydrogens is 248 g/mol. The Morgan fingerprint density at radius 3 is 3.26 bits per heavy atom. The molecule has 0 saturated carbocycles. The summed E-state index contributed by atoms with van der Waals surface area (Å²) >= 11 is 0. The van der Waals surface area contributed by atoms with Gasteiger partial charge in [0.05, 0.1) is 5.52 Å². The number of rotatable bonds is 3. The largest absolute Gasteiger partial charge is 0.447 e. The number of hydrogen-bond acceptors (Lipinski definition) is 4. The molecule has 0 bridgehead atoms. The van der Waals surface area contributed by atoms with E-state index >= 15 is 0 Å². The highest BCUT2D eigenvalue weighted by atomic mass is 16.6. The zero-order valence-electron chi connectivity index (χ0n) is 10.00. The lowest BCUT2D eigenvalue weighted by Crippen LogP contribution is -2.42. The summed E-state index contributed by atoms with van der Waals surface area (Å²) in [5.74, 6) is -0.257. The maximum absolute atomic E-state index is 11.8. The van der Waals surface area contributed by atoms with Crippen LogP contribution < -0.4 is 10.6 Å². The van der Waals surface area contributed by atoms with Gasteiger partial charge in [-0.1, -0.05) is 6.07 Å². The van der Waals surface area contributed by atoms with E-state index < -0.39 is 12.1 Å². The van der Waals surface area contributed by atoms with Gasteiger partial charge in [-0.3, -0.25) is 4.79 Å². The zero-order valence-corrected chi connectivity index (χ0v) is 10.00. The topological polar surface area (TPSA) is 84.7 Å². The van der Waals surface area contributed by atoms with Crippen molar-refractivity contribution in [1.29, 1.82) is 0 Å². The van der Waals surface area contributed by atoms with Crippen LogP contribution in [0.15, 0.2) is 30.6 Å². The molecule has 19 heavy (non-hydrogen) atoms. The molecule has 0 aromatic carbocycles. The fraction of sp³-hybridized carbons (Fsp3) is 0.250. The second-order valence-electron chi connectivity index (χ2n) is 4.21. The van der Waals surface area contributed by atoms with Gasteiger partial charge in [0.1, 0.15) is 12.6 Å². The van der Waals surface area contributed by atoms with Crippen molar-refractivity contribution in [3.05, 3.63) is 36.2 Å². The van der Waals surface area contributed by atoms with E-state index in [0.717, 1.165) is 11.1 Å². The maximum Gasteiger partial charge on any atom is 0.407 e. The smallest absolute Gasteiger partial charge is 0.407 e. The molecule has 1 atom stereocenters. The van der Waals surface area contributed by atoms with Gasteiger partial charge in [0.15, 0.2) is 0 Å². The third kappa shape index (κ3) is 2.22. The highest BCUT2D eigenvalue weighted by Gasteiger charge is 2.28.